The number of carbonyl (C=O) groups is 1. The van der Waals surface area contributed by atoms with Crippen LogP contribution in [0.5, 0.6) is 0 Å². The second kappa shape index (κ2) is 5.19. The fourth-order valence-electron chi connectivity index (χ4n) is 7.49. The van der Waals surface area contributed by atoms with Crippen LogP contribution < -0.4 is 0 Å². The lowest BCUT2D eigenvalue weighted by Crippen LogP contribution is -2.53. The molecule has 0 saturated heterocycles. The van der Waals surface area contributed by atoms with Gasteiger partial charge in [-0.2, -0.15) is 0 Å². The van der Waals surface area contributed by atoms with E-state index >= 15 is 0 Å². The van der Waals surface area contributed by atoms with Crippen LogP contribution in [0.25, 0.3) is 0 Å². The second-order valence-electron chi connectivity index (χ2n) is 10.0. The molecule has 7 atom stereocenters. The van der Waals surface area contributed by atoms with Gasteiger partial charge in [0.25, 0.3) is 0 Å². The van der Waals surface area contributed by atoms with Gasteiger partial charge in [0.05, 0.1) is 6.10 Å². The van der Waals surface area contributed by atoms with Crippen molar-refractivity contribution in [3.8, 4) is 0 Å². The predicted octanol–water partition coefficient (Wildman–Crippen LogP) is 4.91. The summed E-state index contributed by atoms with van der Waals surface area (Å²) < 4.78 is 0. The SMILES string of the molecule is CC(=O)[C@@]1(C)CCC2C3CC=C4CC(O)CCC4(C)C3CC[C@@]21C. The van der Waals surface area contributed by atoms with Gasteiger partial charge in [-0.1, -0.05) is 32.4 Å². The first kappa shape index (κ1) is 16.8. The third-order valence-corrected chi connectivity index (χ3v) is 9.46. The lowest BCUT2D eigenvalue weighted by Gasteiger charge is -2.59. The van der Waals surface area contributed by atoms with Gasteiger partial charge in [-0.3, -0.25) is 4.79 Å². The van der Waals surface area contributed by atoms with Gasteiger partial charge in [0.2, 0.25) is 0 Å². The van der Waals surface area contributed by atoms with Crippen LogP contribution in [0.1, 0.15) is 79.1 Å². The van der Waals surface area contributed by atoms with E-state index in [9.17, 15) is 9.90 Å². The number of aliphatic hydroxyl groups excluding tert-OH is 1. The largest absolute Gasteiger partial charge is 0.393 e. The summed E-state index contributed by atoms with van der Waals surface area (Å²) in [6, 6.07) is 0. The van der Waals surface area contributed by atoms with Crippen LogP contribution in [0.2, 0.25) is 0 Å². The Hall–Kier alpha value is -0.630. The zero-order valence-electron chi connectivity index (χ0n) is 15.9. The Balaban J connectivity index is 1.69. The Kier molecular flexibility index (Phi) is 3.64. The minimum absolute atomic E-state index is 0.115. The fourth-order valence-corrected chi connectivity index (χ4v) is 7.49. The van der Waals surface area contributed by atoms with Crippen molar-refractivity contribution >= 4 is 5.78 Å². The first-order chi connectivity index (χ1) is 11.2. The van der Waals surface area contributed by atoms with E-state index in [1.54, 1.807) is 5.57 Å². The first-order valence-corrected chi connectivity index (χ1v) is 10.1. The van der Waals surface area contributed by atoms with E-state index < -0.39 is 0 Å². The molecule has 2 nitrogen and oxygen atoms in total. The highest BCUT2D eigenvalue weighted by Gasteiger charge is 2.63. The van der Waals surface area contributed by atoms with Gasteiger partial charge in [0.15, 0.2) is 0 Å². The molecule has 0 aliphatic heterocycles. The van der Waals surface area contributed by atoms with E-state index in [1.165, 1.54) is 25.7 Å². The number of rotatable bonds is 1. The van der Waals surface area contributed by atoms with Crippen molar-refractivity contribution in [1.29, 1.82) is 0 Å². The summed E-state index contributed by atoms with van der Waals surface area (Å²) in [5.41, 5.74) is 1.92. The van der Waals surface area contributed by atoms with Crippen LogP contribution >= 0.6 is 0 Å². The number of hydrogen-bond donors (Lipinski definition) is 1. The van der Waals surface area contributed by atoms with Crippen molar-refractivity contribution < 1.29 is 9.90 Å². The molecule has 24 heavy (non-hydrogen) atoms. The quantitative estimate of drug-likeness (QED) is 0.694. The van der Waals surface area contributed by atoms with Crippen molar-refractivity contribution in [2.45, 2.75) is 85.2 Å². The van der Waals surface area contributed by atoms with Gasteiger partial charge in [-0.25, -0.2) is 0 Å². The van der Waals surface area contributed by atoms with Crippen molar-refractivity contribution in [1.82, 2.24) is 0 Å². The van der Waals surface area contributed by atoms with E-state index in [0.717, 1.165) is 37.5 Å². The average molecular weight is 331 g/mol. The number of hydrogen-bond acceptors (Lipinski definition) is 2. The summed E-state index contributed by atoms with van der Waals surface area (Å²) >= 11 is 0. The lowest BCUT2D eigenvalue weighted by molar-refractivity contribution is -0.138. The molecule has 0 amide bonds. The molecule has 0 heterocycles. The molecule has 3 saturated carbocycles. The topological polar surface area (TPSA) is 37.3 Å². The van der Waals surface area contributed by atoms with Gasteiger partial charge in [0.1, 0.15) is 5.78 Å². The van der Waals surface area contributed by atoms with Crippen molar-refractivity contribution in [3.63, 3.8) is 0 Å². The van der Waals surface area contributed by atoms with Crippen molar-refractivity contribution in [2.75, 3.05) is 0 Å². The lowest BCUT2D eigenvalue weighted by atomic mass is 9.45. The highest BCUT2D eigenvalue weighted by molar-refractivity contribution is 5.83. The van der Waals surface area contributed by atoms with Crippen LogP contribution in [-0.4, -0.2) is 17.0 Å². The molecule has 0 aromatic heterocycles. The first-order valence-electron chi connectivity index (χ1n) is 10.1. The summed E-state index contributed by atoms with van der Waals surface area (Å²) in [4.78, 5) is 12.5. The Bertz CT molecular complexity index is 593. The minimum Gasteiger partial charge on any atom is -0.393 e. The monoisotopic (exact) mass is 330 g/mol. The third-order valence-electron chi connectivity index (χ3n) is 9.46. The Labute approximate surface area is 147 Å². The average Bonchev–Trinajstić information content (AvgIpc) is 2.81. The van der Waals surface area contributed by atoms with Gasteiger partial charge in [-0.15, -0.1) is 0 Å². The zero-order chi connectivity index (χ0) is 17.3. The van der Waals surface area contributed by atoms with E-state index in [4.69, 9.17) is 0 Å². The predicted molar refractivity (Wildman–Crippen MR) is 96.5 cm³/mol. The van der Waals surface area contributed by atoms with Crippen molar-refractivity contribution in [2.24, 2.45) is 34.0 Å². The molecule has 4 aliphatic carbocycles. The summed E-state index contributed by atoms with van der Waals surface area (Å²) in [7, 11) is 0. The van der Waals surface area contributed by atoms with Crippen LogP contribution in [0.3, 0.4) is 0 Å². The number of allylic oxidation sites excluding steroid dienone is 1. The van der Waals surface area contributed by atoms with Gasteiger partial charge >= 0.3 is 0 Å². The van der Waals surface area contributed by atoms with Gasteiger partial charge < -0.3 is 5.11 Å². The van der Waals surface area contributed by atoms with Crippen LogP contribution in [0.4, 0.5) is 0 Å². The molecular weight excluding hydrogens is 296 g/mol. The van der Waals surface area contributed by atoms with E-state index in [-0.39, 0.29) is 16.9 Å². The molecule has 2 heteroatoms. The molecule has 0 aromatic rings. The highest BCUT2D eigenvalue weighted by atomic mass is 16.3. The highest BCUT2D eigenvalue weighted by Crippen LogP contribution is 2.69. The van der Waals surface area contributed by atoms with Crippen LogP contribution in [-0.2, 0) is 4.79 Å². The standard InChI is InChI=1S/C22H34O2/c1-14(23)21(3)11-9-19-17-6-5-15-13-16(24)7-10-20(15,2)18(17)8-12-22(19,21)4/h5,16-19,24H,6-13H2,1-4H3/t16?,17?,18?,19?,20?,21-,22+/m1/s1. The van der Waals surface area contributed by atoms with E-state index in [0.29, 0.717) is 17.1 Å². The maximum atomic E-state index is 12.5. The van der Waals surface area contributed by atoms with E-state index in [1.807, 2.05) is 6.92 Å². The Morgan fingerprint density at radius 1 is 1.08 bits per heavy atom. The molecule has 0 bridgehead atoms. The smallest absolute Gasteiger partial charge is 0.136 e. The number of ketones is 1. The number of fused-ring (bicyclic) bond motifs is 5. The Morgan fingerprint density at radius 3 is 2.50 bits per heavy atom. The maximum absolute atomic E-state index is 12.5. The molecule has 1 N–H and O–H groups in total. The van der Waals surface area contributed by atoms with Gasteiger partial charge in [-0.05, 0) is 86.9 Å². The van der Waals surface area contributed by atoms with Crippen LogP contribution in [0, 0.1) is 34.0 Å². The molecular formula is C22H34O2. The molecule has 5 unspecified atom stereocenters. The van der Waals surface area contributed by atoms with Gasteiger partial charge in [0, 0.05) is 5.41 Å². The van der Waals surface area contributed by atoms with E-state index in [2.05, 4.69) is 26.8 Å². The molecule has 0 aromatic carbocycles. The summed E-state index contributed by atoms with van der Waals surface area (Å²) in [5, 5.41) is 10.1. The third kappa shape index (κ3) is 1.95. The molecule has 0 spiro atoms. The van der Waals surface area contributed by atoms with Crippen LogP contribution in [0.15, 0.2) is 11.6 Å². The fraction of sp³-hybridized carbons (Fsp3) is 0.864. The Morgan fingerprint density at radius 2 is 1.79 bits per heavy atom. The number of aliphatic hydroxyl groups is 1. The number of Topliss-reactive ketones (excluding diaryl/α,β-unsaturated/α-hetero) is 1. The minimum atomic E-state index is -0.123. The zero-order valence-corrected chi connectivity index (χ0v) is 15.9. The maximum Gasteiger partial charge on any atom is 0.136 e. The molecule has 4 aliphatic rings. The number of carbonyl (C=O) groups excluding carboxylic acids is 1. The second-order valence-corrected chi connectivity index (χ2v) is 10.0. The summed E-state index contributed by atoms with van der Waals surface area (Å²) in [6.45, 7) is 8.97. The summed E-state index contributed by atoms with van der Waals surface area (Å²) in [6.07, 6.45) is 11.3. The molecule has 0 radical (unpaired) electrons. The molecule has 3 fully saturated rings. The van der Waals surface area contributed by atoms with Crippen molar-refractivity contribution in [3.05, 3.63) is 11.6 Å². The summed E-state index contributed by atoms with van der Waals surface area (Å²) in [5.74, 6) is 2.61. The molecule has 4 rings (SSSR count). The normalized spacial score (nSPS) is 53.6. The molecule has 134 valence electrons.